The van der Waals surface area contributed by atoms with Crippen LogP contribution in [0.15, 0.2) is 224 Å². The number of benzene rings is 9. The van der Waals surface area contributed by atoms with Gasteiger partial charge in [-0.3, -0.25) is 0 Å². The molecule has 0 atom stereocenters. The van der Waals surface area contributed by atoms with Crippen molar-refractivity contribution in [1.82, 2.24) is 0 Å². The monoisotopic (exact) mass is 727 g/mol. The Balaban J connectivity index is 1.10. The molecule has 0 saturated carbocycles. The molecule has 9 aromatic rings. The van der Waals surface area contributed by atoms with Gasteiger partial charge in [0, 0.05) is 17.1 Å². The first-order chi connectivity index (χ1) is 28.3. The Morgan fingerprint density at radius 1 is 0.316 bits per heavy atom. The maximum Gasteiger partial charge on any atom is 0.0468 e. The predicted octanol–water partition coefficient (Wildman–Crippen LogP) is 15.9. The SMILES string of the molecule is C1=CC(c2cc(N(c3ccc(-c4ccccc4-c4cccc5ccccc45)cc3)c3ccc(-c4cccc5ccccc45)cc3)ccc2-c2ccccc2)=CCC1. The largest absolute Gasteiger partial charge is 0.310 e. The molecule has 0 radical (unpaired) electrons. The van der Waals surface area contributed by atoms with Crippen molar-refractivity contribution in [3.05, 3.63) is 230 Å². The van der Waals surface area contributed by atoms with Crippen molar-refractivity contribution < 1.29 is 0 Å². The molecule has 10 rings (SSSR count). The van der Waals surface area contributed by atoms with Gasteiger partial charge in [-0.15, -0.1) is 0 Å². The summed E-state index contributed by atoms with van der Waals surface area (Å²) in [5, 5.41) is 5.03. The lowest BCUT2D eigenvalue weighted by Crippen LogP contribution is -2.10. The Hall–Kier alpha value is -7.22. The van der Waals surface area contributed by atoms with Gasteiger partial charge in [0.2, 0.25) is 0 Å². The van der Waals surface area contributed by atoms with E-state index in [9.17, 15) is 0 Å². The predicted molar refractivity (Wildman–Crippen MR) is 244 cm³/mol. The highest BCUT2D eigenvalue weighted by atomic mass is 15.1. The van der Waals surface area contributed by atoms with Crippen LogP contribution in [0.25, 0.3) is 71.6 Å². The lowest BCUT2D eigenvalue weighted by molar-refractivity contribution is 1.04. The van der Waals surface area contributed by atoms with Crippen LogP contribution in [-0.4, -0.2) is 0 Å². The van der Waals surface area contributed by atoms with Crippen LogP contribution in [0, 0.1) is 0 Å². The number of hydrogen-bond acceptors (Lipinski definition) is 1. The molecule has 0 saturated heterocycles. The highest BCUT2D eigenvalue weighted by Crippen LogP contribution is 2.43. The second-order valence-corrected chi connectivity index (χ2v) is 14.8. The van der Waals surface area contributed by atoms with Crippen LogP contribution in [0.3, 0.4) is 0 Å². The Labute approximate surface area is 335 Å². The highest BCUT2D eigenvalue weighted by Gasteiger charge is 2.19. The molecule has 0 unspecified atom stereocenters. The smallest absolute Gasteiger partial charge is 0.0468 e. The molecule has 0 spiro atoms. The molecule has 1 heteroatoms. The maximum atomic E-state index is 2.40. The summed E-state index contributed by atoms with van der Waals surface area (Å²) in [6.45, 7) is 0. The molecule has 0 heterocycles. The van der Waals surface area contributed by atoms with E-state index in [-0.39, 0.29) is 0 Å². The molecular weight excluding hydrogens is 687 g/mol. The topological polar surface area (TPSA) is 3.24 Å². The van der Waals surface area contributed by atoms with Crippen molar-refractivity contribution in [3.63, 3.8) is 0 Å². The van der Waals surface area contributed by atoms with Crippen molar-refractivity contribution in [2.75, 3.05) is 4.90 Å². The second kappa shape index (κ2) is 15.1. The third-order valence-corrected chi connectivity index (χ3v) is 11.3. The van der Waals surface area contributed by atoms with E-state index in [1.165, 1.54) is 77.2 Å². The Kier molecular flexibility index (Phi) is 9.10. The van der Waals surface area contributed by atoms with E-state index in [1.54, 1.807) is 0 Å². The fourth-order valence-electron chi connectivity index (χ4n) is 8.53. The summed E-state index contributed by atoms with van der Waals surface area (Å²) in [6.07, 6.45) is 9.10. The molecule has 1 nitrogen and oxygen atoms in total. The summed E-state index contributed by atoms with van der Waals surface area (Å²) < 4.78 is 0. The lowest BCUT2D eigenvalue weighted by atomic mass is 9.90. The van der Waals surface area contributed by atoms with Crippen LogP contribution in [-0.2, 0) is 0 Å². The highest BCUT2D eigenvalue weighted by molar-refractivity contribution is 6.01. The van der Waals surface area contributed by atoms with E-state index in [0.29, 0.717) is 0 Å². The van der Waals surface area contributed by atoms with Crippen molar-refractivity contribution in [1.29, 1.82) is 0 Å². The number of anilines is 3. The average molecular weight is 728 g/mol. The fourth-order valence-corrected chi connectivity index (χ4v) is 8.53. The van der Waals surface area contributed by atoms with E-state index in [4.69, 9.17) is 0 Å². The van der Waals surface area contributed by atoms with Crippen LogP contribution in [0.4, 0.5) is 17.1 Å². The van der Waals surface area contributed by atoms with Crippen molar-refractivity contribution in [2.45, 2.75) is 12.8 Å². The molecule has 57 heavy (non-hydrogen) atoms. The van der Waals surface area contributed by atoms with Gasteiger partial charge in [-0.1, -0.05) is 188 Å². The van der Waals surface area contributed by atoms with Crippen LogP contribution >= 0.6 is 0 Å². The Morgan fingerprint density at radius 3 is 1.47 bits per heavy atom. The molecule has 0 N–H and O–H groups in total. The Bertz CT molecular complexity index is 2920. The lowest BCUT2D eigenvalue weighted by Gasteiger charge is -2.27. The molecule has 0 aromatic heterocycles. The Morgan fingerprint density at radius 2 is 0.807 bits per heavy atom. The number of hydrogen-bond donors (Lipinski definition) is 0. The van der Waals surface area contributed by atoms with Gasteiger partial charge in [0.15, 0.2) is 0 Å². The first-order valence-electron chi connectivity index (χ1n) is 19.9. The van der Waals surface area contributed by atoms with E-state index < -0.39 is 0 Å². The van der Waals surface area contributed by atoms with Gasteiger partial charge >= 0.3 is 0 Å². The molecular formula is C56H41N. The van der Waals surface area contributed by atoms with Crippen molar-refractivity contribution in [2.24, 2.45) is 0 Å². The molecule has 0 fully saturated rings. The third kappa shape index (κ3) is 6.64. The van der Waals surface area contributed by atoms with Crippen LogP contribution in [0.5, 0.6) is 0 Å². The summed E-state index contributed by atoms with van der Waals surface area (Å²) in [4.78, 5) is 2.40. The van der Waals surface area contributed by atoms with Gasteiger partial charge in [0.25, 0.3) is 0 Å². The quantitative estimate of drug-likeness (QED) is 0.151. The fraction of sp³-hybridized carbons (Fsp3) is 0.0357. The van der Waals surface area contributed by atoms with Gasteiger partial charge in [-0.05, 0) is 126 Å². The molecule has 1 aliphatic carbocycles. The molecule has 270 valence electrons. The number of rotatable bonds is 8. The summed E-state index contributed by atoms with van der Waals surface area (Å²) >= 11 is 0. The number of allylic oxidation sites excluding steroid dienone is 4. The molecule has 0 amide bonds. The summed E-state index contributed by atoms with van der Waals surface area (Å²) in [7, 11) is 0. The normalized spacial score (nSPS) is 12.5. The van der Waals surface area contributed by atoms with Gasteiger partial charge in [-0.2, -0.15) is 0 Å². The summed E-state index contributed by atoms with van der Waals surface area (Å²) in [6, 6.07) is 75.2. The zero-order valence-electron chi connectivity index (χ0n) is 31.7. The molecule has 9 aromatic carbocycles. The maximum absolute atomic E-state index is 2.40. The average Bonchev–Trinajstić information content (AvgIpc) is 3.30. The van der Waals surface area contributed by atoms with Crippen LogP contribution in [0.1, 0.15) is 18.4 Å². The van der Waals surface area contributed by atoms with Gasteiger partial charge in [0.05, 0.1) is 0 Å². The minimum Gasteiger partial charge on any atom is -0.310 e. The van der Waals surface area contributed by atoms with Crippen molar-refractivity contribution in [3.8, 4) is 44.5 Å². The first-order valence-corrected chi connectivity index (χ1v) is 19.9. The minimum atomic E-state index is 1.05. The van der Waals surface area contributed by atoms with E-state index in [1.807, 2.05) is 0 Å². The number of nitrogens with zero attached hydrogens (tertiary/aromatic N) is 1. The minimum absolute atomic E-state index is 1.05. The zero-order chi connectivity index (χ0) is 38.0. The summed E-state index contributed by atoms with van der Waals surface area (Å²) in [5.74, 6) is 0. The van der Waals surface area contributed by atoms with Crippen LogP contribution < -0.4 is 4.90 Å². The standard InChI is InChI=1S/C56H41N/c1-3-15-40(16-4-1)53-38-37-48(39-56(53)43-17-5-2-6-18-43)57(46-33-29-44(30-34-46)50-27-13-21-41-19-7-9-23-49(41)50)47-35-31-45(32-36-47)52-25-11-12-26-54(52)55-28-14-22-42-20-8-10-24-51(42)55/h1,3-5,7-39H,2,6H2. The third-order valence-electron chi connectivity index (χ3n) is 11.3. The summed E-state index contributed by atoms with van der Waals surface area (Å²) in [5.41, 5.74) is 15.6. The number of fused-ring (bicyclic) bond motifs is 2. The molecule has 0 aliphatic heterocycles. The van der Waals surface area contributed by atoms with E-state index in [2.05, 4.69) is 229 Å². The first kappa shape index (κ1) is 34.3. The molecule has 1 aliphatic rings. The van der Waals surface area contributed by atoms with Crippen molar-refractivity contribution >= 4 is 44.2 Å². The van der Waals surface area contributed by atoms with Gasteiger partial charge in [0.1, 0.15) is 0 Å². The molecule has 0 bridgehead atoms. The second-order valence-electron chi connectivity index (χ2n) is 14.8. The van der Waals surface area contributed by atoms with E-state index in [0.717, 1.165) is 29.9 Å². The van der Waals surface area contributed by atoms with Gasteiger partial charge < -0.3 is 4.90 Å². The van der Waals surface area contributed by atoms with E-state index >= 15 is 0 Å². The zero-order valence-corrected chi connectivity index (χ0v) is 31.7. The van der Waals surface area contributed by atoms with Crippen LogP contribution in [0.2, 0.25) is 0 Å². The van der Waals surface area contributed by atoms with Gasteiger partial charge in [-0.25, -0.2) is 0 Å².